The summed E-state index contributed by atoms with van der Waals surface area (Å²) in [6.45, 7) is 4.64. The topological polar surface area (TPSA) is 61.0 Å². The van der Waals surface area contributed by atoms with Gasteiger partial charge in [0.15, 0.2) is 0 Å². The molecule has 140 valence electrons. The molecule has 0 spiro atoms. The molecule has 1 saturated heterocycles. The number of benzene rings is 1. The van der Waals surface area contributed by atoms with Crippen LogP contribution in [0.5, 0.6) is 0 Å². The van der Waals surface area contributed by atoms with Crippen molar-refractivity contribution < 1.29 is 13.6 Å². The molecular formula is C19H24F2N4O. The molecule has 1 atom stereocenters. The van der Waals surface area contributed by atoms with Gasteiger partial charge in [-0.2, -0.15) is 5.10 Å². The first kappa shape index (κ1) is 18.4. The number of urea groups is 1. The highest BCUT2D eigenvalue weighted by Gasteiger charge is 2.30. The van der Waals surface area contributed by atoms with Crippen LogP contribution in [0.1, 0.15) is 54.2 Å². The summed E-state index contributed by atoms with van der Waals surface area (Å²) in [5.41, 5.74) is 3.34. The second-order valence-corrected chi connectivity index (χ2v) is 6.84. The van der Waals surface area contributed by atoms with Crippen LogP contribution in [0.25, 0.3) is 0 Å². The summed E-state index contributed by atoms with van der Waals surface area (Å²) >= 11 is 0. The quantitative estimate of drug-likeness (QED) is 0.862. The van der Waals surface area contributed by atoms with Crippen molar-refractivity contribution in [3.8, 4) is 0 Å². The van der Waals surface area contributed by atoms with Crippen LogP contribution in [0, 0.1) is 25.5 Å². The lowest BCUT2D eigenvalue weighted by Gasteiger charge is -2.30. The van der Waals surface area contributed by atoms with Gasteiger partial charge in [-0.1, -0.05) is 12.8 Å². The molecule has 0 saturated carbocycles. The fourth-order valence-electron chi connectivity index (χ4n) is 3.69. The van der Waals surface area contributed by atoms with Gasteiger partial charge >= 0.3 is 6.03 Å². The van der Waals surface area contributed by atoms with Gasteiger partial charge in [-0.05, 0) is 44.4 Å². The lowest BCUT2D eigenvalue weighted by molar-refractivity contribution is 0.175. The molecule has 2 N–H and O–H groups in total. The molecule has 3 rings (SSSR count). The monoisotopic (exact) mass is 362 g/mol. The first-order valence-electron chi connectivity index (χ1n) is 8.96. The van der Waals surface area contributed by atoms with Gasteiger partial charge in [0.2, 0.25) is 0 Å². The van der Waals surface area contributed by atoms with Crippen LogP contribution in [-0.4, -0.2) is 27.7 Å². The van der Waals surface area contributed by atoms with Crippen LogP contribution < -0.4 is 5.32 Å². The number of aromatic amines is 1. The average molecular weight is 362 g/mol. The number of hydrogen-bond donors (Lipinski definition) is 2. The Hall–Kier alpha value is -2.44. The van der Waals surface area contributed by atoms with Crippen LogP contribution in [0.3, 0.4) is 0 Å². The largest absolute Gasteiger partial charge is 0.334 e. The summed E-state index contributed by atoms with van der Waals surface area (Å²) < 4.78 is 26.6. The number of likely N-dealkylation sites (tertiary alicyclic amines) is 1. The highest BCUT2D eigenvalue weighted by atomic mass is 19.1. The maximum Gasteiger partial charge on any atom is 0.318 e. The maximum atomic E-state index is 13.3. The van der Waals surface area contributed by atoms with Crippen LogP contribution >= 0.6 is 0 Å². The Morgan fingerprint density at radius 2 is 1.96 bits per heavy atom. The van der Waals surface area contributed by atoms with Gasteiger partial charge in [-0.15, -0.1) is 0 Å². The molecule has 1 fully saturated rings. The number of nitrogens with zero attached hydrogens (tertiary/aromatic N) is 2. The third-order valence-corrected chi connectivity index (χ3v) is 4.90. The molecule has 7 heteroatoms. The Bertz CT molecular complexity index is 750. The standard InChI is InChI=1S/C19H24F2N4O/c1-12-18(13(2)24-23-12)17-6-4-3-5-7-25(17)19(26)22-11-14-8-15(20)10-16(21)9-14/h8-10,17H,3-7,11H2,1-2H3,(H,22,26)(H,23,24). The van der Waals surface area contributed by atoms with Crippen LogP contribution in [0.2, 0.25) is 0 Å². The predicted octanol–water partition coefficient (Wildman–Crippen LogP) is 4.13. The molecule has 0 radical (unpaired) electrons. The first-order valence-corrected chi connectivity index (χ1v) is 8.96. The molecule has 0 bridgehead atoms. The van der Waals surface area contributed by atoms with E-state index in [0.717, 1.165) is 48.7 Å². The number of H-pyrrole nitrogens is 1. The number of hydrogen-bond acceptors (Lipinski definition) is 2. The fraction of sp³-hybridized carbons (Fsp3) is 0.474. The van der Waals surface area contributed by atoms with Crippen molar-refractivity contribution in [2.75, 3.05) is 6.54 Å². The van der Waals surface area contributed by atoms with E-state index >= 15 is 0 Å². The summed E-state index contributed by atoms with van der Waals surface area (Å²) in [5, 5.41) is 10.1. The summed E-state index contributed by atoms with van der Waals surface area (Å²) in [6.07, 6.45) is 3.94. The van der Waals surface area contributed by atoms with E-state index in [2.05, 4.69) is 15.5 Å². The molecule has 26 heavy (non-hydrogen) atoms. The molecule has 1 aromatic carbocycles. The number of rotatable bonds is 3. The van der Waals surface area contributed by atoms with Crippen LogP contribution in [-0.2, 0) is 6.54 Å². The van der Waals surface area contributed by atoms with Gasteiger partial charge in [-0.3, -0.25) is 5.10 Å². The third kappa shape index (κ3) is 4.03. The van der Waals surface area contributed by atoms with Crippen LogP contribution in [0.15, 0.2) is 18.2 Å². The highest BCUT2D eigenvalue weighted by molar-refractivity contribution is 5.75. The molecule has 1 aliphatic heterocycles. The van der Waals surface area contributed by atoms with E-state index < -0.39 is 11.6 Å². The van der Waals surface area contributed by atoms with Gasteiger partial charge in [-0.25, -0.2) is 13.6 Å². The minimum absolute atomic E-state index is 0.0412. The van der Waals surface area contributed by atoms with E-state index in [0.29, 0.717) is 12.1 Å². The van der Waals surface area contributed by atoms with Gasteiger partial charge in [0, 0.05) is 30.4 Å². The number of aromatic nitrogens is 2. The summed E-state index contributed by atoms with van der Waals surface area (Å²) in [6, 6.07) is 3.02. The maximum absolute atomic E-state index is 13.3. The van der Waals surface area contributed by atoms with Gasteiger partial charge in [0.1, 0.15) is 11.6 Å². The molecule has 5 nitrogen and oxygen atoms in total. The van der Waals surface area contributed by atoms with E-state index in [1.165, 1.54) is 12.1 Å². The summed E-state index contributed by atoms with van der Waals surface area (Å²) in [4.78, 5) is 14.6. The third-order valence-electron chi connectivity index (χ3n) is 4.90. The van der Waals surface area contributed by atoms with Crippen molar-refractivity contribution in [2.45, 2.75) is 52.1 Å². The van der Waals surface area contributed by atoms with Crippen molar-refractivity contribution in [1.82, 2.24) is 20.4 Å². The SMILES string of the molecule is Cc1n[nH]c(C)c1C1CCCCCN1C(=O)NCc1cc(F)cc(F)c1. The van der Waals surface area contributed by atoms with Crippen molar-refractivity contribution in [1.29, 1.82) is 0 Å². The number of amides is 2. The number of halogens is 2. The van der Waals surface area contributed by atoms with Gasteiger partial charge in [0.25, 0.3) is 0 Å². The zero-order valence-electron chi connectivity index (χ0n) is 15.1. The first-order chi connectivity index (χ1) is 12.5. The average Bonchev–Trinajstić information content (AvgIpc) is 2.79. The molecule has 2 heterocycles. The molecule has 2 aromatic rings. The molecule has 0 aliphatic carbocycles. The summed E-state index contributed by atoms with van der Waals surface area (Å²) in [5.74, 6) is -1.29. The van der Waals surface area contributed by atoms with E-state index in [1.807, 2.05) is 18.7 Å². The second-order valence-electron chi connectivity index (χ2n) is 6.84. The Kier molecular flexibility index (Phi) is 5.54. The highest BCUT2D eigenvalue weighted by Crippen LogP contribution is 2.33. The molecular weight excluding hydrogens is 338 g/mol. The number of carbonyl (C=O) groups is 1. The van der Waals surface area contributed by atoms with Crippen molar-refractivity contribution in [3.05, 3.63) is 52.3 Å². The van der Waals surface area contributed by atoms with E-state index in [4.69, 9.17) is 0 Å². The Balaban J connectivity index is 1.76. The minimum atomic E-state index is -0.647. The lowest BCUT2D eigenvalue weighted by Crippen LogP contribution is -2.42. The number of nitrogens with one attached hydrogen (secondary N) is 2. The van der Waals surface area contributed by atoms with E-state index in [9.17, 15) is 13.6 Å². The predicted molar refractivity (Wildman–Crippen MR) is 94.6 cm³/mol. The molecule has 2 amide bonds. The van der Waals surface area contributed by atoms with E-state index in [1.54, 1.807) is 0 Å². The van der Waals surface area contributed by atoms with Gasteiger partial charge in [0.05, 0.1) is 11.7 Å². The van der Waals surface area contributed by atoms with Gasteiger partial charge < -0.3 is 10.2 Å². The molecule has 1 unspecified atom stereocenters. The minimum Gasteiger partial charge on any atom is -0.334 e. The summed E-state index contributed by atoms with van der Waals surface area (Å²) in [7, 11) is 0. The van der Waals surface area contributed by atoms with Crippen molar-refractivity contribution in [2.24, 2.45) is 0 Å². The van der Waals surface area contributed by atoms with Crippen molar-refractivity contribution >= 4 is 6.03 Å². The normalized spacial score (nSPS) is 17.8. The van der Waals surface area contributed by atoms with E-state index in [-0.39, 0.29) is 18.6 Å². The zero-order chi connectivity index (χ0) is 18.7. The molecule has 1 aliphatic rings. The van der Waals surface area contributed by atoms with Crippen LogP contribution in [0.4, 0.5) is 13.6 Å². The zero-order valence-corrected chi connectivity index (χ0v) is 15.1. The van der Waals surface area contributed by atoms with Crippen molar-refractivity contribution in [3.63, 3.8) is 0 Å². The Labute approximate surface area is 151 Å². The fourth-order valence-corrected chi connectivity index (χ4v) is 3.69. The lowest BCUT2D eigenvalue weighted by atomic mass is 9.99. The second kappa shape index (κ2) is 7.85. The Morgan fingerprint density at radius 1 is 1.23 bits per heavy atom. The molecule has 1 aromatic heterocycles. The Morgan fingerprint density at radius 3 is 2.62 bits per heavy atom. The number of aryl methyl sites for hydroxylation is 2. The number of carbonyl (C=O) groups excluding carboxylic acids is 1. The smallest absolute Gasteiger partial charge is 0.318 e.